The standard InChI is InChI=1S/C21H29FN4O/c1-2-3-4-12-23-21(27)18-9-13-25(14-10-18)16-26-15-11-20(24-26)17-5-7-19(22)8-6-17/h5-8,11,15,18H,2-4,9-10,12-14,16H2,1H3,(H,23,27). The van der Waals surface area contributed by atoms with Crippen molar-refractivity contribution in [3.05, 3.63) is 42.3 Å². The van der Waals surface area contributed by atoms with E-state index in [1.54, 1.807) is 12.1 Å². The molecule has 1 aliphatic rings. The van der Waals surface area contributed by atoms with Crippen LogP contribution in [0.25, 0.3) is 11.3 Å². The van der Waals surface area contributed by atoms with Crippen molar-refractivity contribution in [2.24, 2.45) is 5.92 Å². The minimum atomic E-state index is -0.240. The van der Waals surface area contributed by atoms with Crippen LogP contribution in [0.15, 0.2) is 36.5 Å². The van der Waals surface area contributed by atoms with Crippen LogP contribution in [-0.2, 0) is 11.5 Å². The van der Waals surface area contributed by atoms with E-state index in [2.05, 4.69) is 22.2 Å². The van der Waals surface area contributed by atoms with E-state index < -0.39 is 0 Å². The second-order valence-corrected chi connectivity index (χ2v) is 7.28. The Morgan fingerprint density at radius 1 is 1.19 bits per heavy atom. The molecule has 2 aromatic rings. The van der Waals surface area contributed by atoms with Crippen LogP contribution in [0.5, 0.6) is 0 Å². The molecule has 0 atom stereocenters. The molecule has 1 aromatic carbocycles. The highest BCUT2D eigenvalue weighted by molar-refractivity contribution is 5.78. The molecular weight excluding hydrogens is 343 g/mol. The zero-order valence-electron chi connectivity index (χ0n) is 16.0. The molecule has 0 aliphatic carbocycles. The Morgan fingerprint density at radius 2 is 1.93 bits per heavy atom. The number of hydrogen-bond acceptors (Lipinski definition) is 3. The lowest BCUT2D eigenvalue weighted by Gasteiger charge is -2.31. The fourth-order valence-corrected chi connectivity index (χ4v) is 3.49. The molecule has 146 valence electrons. The molecule has 6 heteroatoms. The van der Waals surface area contributed by atoms with Crippen molar-refractivity contribution in [3.63, 3.8) is 0 Å². The first kappa shape index (κ1) is 19.5. The van der Waals surface area contributed by atoms with Gasteiger partial charge in [-0.05, 0) is 49.6 Å². The maximum absolute atomic E-state index is 13.0. The first-order valence-electron chi connectivity index (χ1n) is 9.95. The zero-order valence-corrected chi connectivity index (χ0v) is 16.0. The average molecular weight is 372 g/mol. The molecule has 5 nitrogen and oxygen atoms in total. The molecule has 1 N–H and O–H groups in total. The first-order valence-corrected chi connectivity index (χ1v) is 9.95. The minimum absolute atomic E-state index is 0.135. The number of unbranched alkanes of at least 4 members (excludes halogenated alkanes) is 2. The van der Waals surface area contributed by atoms with Crippen LogP contribution in [0.1, 0.15) is 39.0 Å². The van der Waals surface area contributed by atoms with Gasteiger partial charge in [-0.15, -0.1) is 0 Å². The number of nitrogens with zero attached hydrogens (tertiary/aromatic N) is 3. The Kier molecular flexibility index (Phi) is 6.98. The second-order valence-electron chi connectivity index (χ2n) is 7.28. The van der Waals surface area contributed by atoms with Gasteiger partial charge in [0.1, 0.15) is 5.82 Å². The summed E-state index contributed by atoms with van der Waals surface area (Å²) in [7, 11) is 0. The molecule has 3 rings (SSSR count). The molecule has 0 unspecified atom stereocenters. The topological polar surface area (TPSA) is 50.2 Å². The van der Waals surface area contributed by atoms with Gasteiger partial charge in [-0.25, -0.2) is 4.39 Å². The van der Waals surface area contributed by atoms with Gasteiger partial charge in [0, 0.05) is 37.3 Å². The van der Waals surface area contributed by atoms with Crippen molar-refractivity contribution < 1.29 is 9.18 Å². The summed E-state index contributed by atoms with van der Waals surface area (Å²) in [5, 5.41) is 7.67. The number of piperidine rings is 1. The van der Waals surface area contributed by atoms with E-state index in [1.165, 1.54) is 25.0 Å². The Hall–Kier alpha value is -2.21. The van der Waals surface area contributed by atoms with Crippen LogP contribution in [0.2, 0.25) is 0 Å². The monoisotopic (exact) mass is 372 g/mol. The van der Waals surface area contributed by atoms with Gasteiger partial charge < -0.3 is 5.32 Å². The number of carbonyl (C=O) groups is 1. The SMILES string of the molecule is CCCCCNC(=O)C1CCN(Cn2ccc(-c3ccc(F)cc3)n2)CC1. The number of nitrogens with one attached hydrogen (secondary N) is 1. The summed E-state index contributed by atoms with van der Waals surface area (Å²) in [5.74, 6) is 0.106. The van der Waals surface area contributed by atoms with Gasteiger partial charge in [0.25, 0.3) is 0 Å². The Morgan fingerprint density at radius 3 is 2.63 bits per heavy atom. The lowest BCUT2D eigenvalue weighted by Crippen LogP contribution is -2.41. The van der Waals surface area contributed by atoms with Crippen LogP contribution in [0.4, 0.5) is 4.39 Å². The highest BCUT2D eigenvalue weighted by Crippen LogP contribution is 2.20. The number of aromatic nitrogens is 2. The fourth-order valence-electron chi connectivity index (χ4n) is 3.49. The van der Waals surface area contributed by atoms with Crippen LogP contribution in [0.3, 0.4) is 0 Å². The summed E-state index contributed by atoms with van der Waals surface area (Å²) in [6.45, 7) is 5.48. The molecule has 27 heavy (non-hydrogen) atoms. The highest BCUT2D eigenvalue weighted by Gasteiger charge is 2.24. The lowest BCUT2D eigenvalue weighted by atomic mass is 9.96. The minimum Gasteiger partial charge on any atom is -0.356 e. The number of halogens is 1. The van der Waals surface area contributed by atoms with Crippen LogP contribution >= 0.6 is 0 Å². The quantitative estimate of drug-likeness (QED) is 0.720. The normalized spacial score (nSPS) is 15.8. The third kappa shape index (κ3) is 5.63. The van der Waals surface area contributed by atoms with E-state index in [1.807, 2.05) is 16.9 Å². The van der Waals surface area contributed by atoms with Crippen molar-refractivity contribution >= 4 is 5.91 Å². The van der Waals surface area contributed by atoms with Gasteiger partial charge in [0.15, 0.2) is 0 Å². The zero-order chi connectivity index (χ0) is 19.1. The number of carbonyl (C=O) groups excluding carboxylic acids is 1. The third-order valence-corrected chi connectivity index (χ3v) is 5.16. The smallest absolute Gasteiger partial charge is 0.223 e. The summed E-state index contributed by atoms with van der Waals surface area (Å²) in [6, 6.07) is 8.34. The Bertz CT molecular complexity index is 720. The predicted molar refractivity (Wildman–Crippen MR) is 104 cm³/mol. The molecule has 1 amide bonds. The van der Waals surface area contributed by atoms with Crippen LogP contribution in [0, 0.1) is 11.7 Å². The fraction of sp³-hybridized carbons (Fsp3) is 0.524. The maximum atomic E-state index is 13.0. The molecule has 2 heterocycles. The molecule has 1 saturated heterocycles. The van der Waals surface area contributed by atoms with E-state index in [9.17, 15) is 9.18 Å². The van der Waals surface area contributed by atoms with Crippen LogP contribution in [-0.4, -0.2) is 40.2 Å². The van der Waals surface area contributed by atoms with E-state index >= 15 is 0 Å². The summed E-state index contributed by atoms with van der Waals surface area (Å²) in [4.78, 5) is 14.6. The number of benzene rings is 1. The van der Waals surface area contributed by atoms with Crippen molar-refractivity contribution in [3.8, 4) is 11.3 Å². The van der Waals surface area contributed by atoms with Crippen molar-refractivity contribution in [1.29, 1.82) is 0 Å². The number of hydrogen-bond donors (Lipinski definition) is 1. The number of likely N-dealkylation sites (tertiary alicyclic amines) is 1. The third-order valence-electron chi connectivity index (χ3n) is 5.16. The van der Waals surface area contributed by atoms with Crippen molar-refractivity contribution in [2.75, 3.05) is 19.6 Å². The van der Waals surface area contributed by atoms with Crippen molar-refractivity contribution in [2.45, 2.75) is 45.7 Å². The van der Waals surface area contributed by atoms with Gasteiger partial charge in [-0.1, -0.05) is 19.8 Å². The predicted octanol–water partition coefficient (Wildman–Crippen LogP) is 3.67. The number of rotatable bonds is 8. The highest BCUT2D eigenvalue weighted by atomic mass is 19.1. The molecular formula is C21H29FN4O. The molecule has 0 spiro atoms. The van der Waals surface area contributed by atoms with Gasteiger partial charge >= 0.3 is 0 Å². The van der Waals surface area contributed by atoms with Crippen molar-refractivity contribution in [1.82, 2.24) is 20.0 Å². The van der Waals surface area contributed by atoms with E-state index in [4.69, 9.17) is 0 Å². The molecule has 1 aromatic heterocycles. The summed E-state index contributed by atoms with van der Waals surface area (Å²) < 4.78 is 15.0. The van der Waals surface area contributed by atoms with E-state index in [0.29, 0.717) is 6.67 Å². The van der Waals surface area contributed by atoms with Gasteiger partial charge in [-0.2, -0.15) is 5.10 Å². The summed E-state index contributed by atoms with van der Waals surface area (Å²) in [6.07, 6.45) is 7.15. The van der Waals surface area contributed by atoms with Gasteiger partial charge in [0.05, 0.1) is 12.4 Å². The van der Waals surface area contributed by atoms with E-state index in [-0.39, 0.29) is 17.6 Å². The van der Waals surface area contributed by atoms with E-state index in [0.717, 1.165) is 50.2 Å². The Labute approximate surface area is 160 Å². The lowest BCUT2D eigenvalue weighted by molar-refractivity contribution is -0.126. The molecule has 0 radical (unpaired) electrons. The largest absolute Gasteiger partial charge is 0.356 e. The first-order chi connectivity index (χ1) is 13.2. The van der Waals surface area contributed by atoms with Gasteiger partial charge in [-0.3, -0.25) is 14.4 Å². The van der Waals surface area contributed by atoms with Crippen LogP contribution < -0.4 is 5.32 Å². The van der Waals surface area contributed by atoms with Gasteiger partial charge in [0.2, 0.25) is 5.91 Å². The molecule has 1 aliphatic heterocycles. The maximum Gasteiger partial charge on any atom is 0.223 e. The Balaban J connectivity index is 1.44. The average Bonchev–Trinajstić information content (AvgIpc) is 3.15. The second kappa shape index (κ2) is 9.65. The molecule has 0 saturated carbocycles. The summed E-state index contributed by atoms with van der Waals surface area (Å²) in [5.41, 5.74) is 1.75. The molecule has 0 bridgehead atoms. The number of amides is 1. The molecule has 1 fully saturated rings. The summed E-state index contributed by atoms with van der Waals surface area (Å²) >= 11 is 0.